The van der Waals surface area contributed by atoms with Crippen LogP contribution in [0.2, 0.25) is 0 Å². The first-order valence-electron chi connectivity index (χ1n) is 6.65. The third-order valence-electron chi connectivity index (χ3n) is 3.28. The summed E-state index contributed by atoms with van der Waals surface area (Å²) in [5.41, 5.74) is 7.63. The van der Waals surface area contributed by atoms with Gasteiger partial charge in [-0.1, -0.05) is 31.2 Å². The van der Waals surface area contributed by atoms with Crippen molar-refractivity contribution in [3.05, 3.63) is 58.9 Å². The predicted octanol–water partition coefficient (Wildman–Crippen LogP) is 3.28. The molecule has 2 aromatic rings. The summed E-state index contributed by atoms with van der Waals surface area (Å²) in [6.45, 7) is 2.48. The molecule has 2 aromatic carbocycles. The Bertz CT molecular complexity index is 654. The fraction of sp³-hybridized carbons (Fsp3) is 0.188. The Labute approximate surface area is 122 Å². The molecule has 0 radical (unpaired) electrons. The molecular weight excluding hydrogens is 271 g/mol. The van der Waals surface area contributed by atoms with Crippen LogP contribution < -0.4 is 11.1 Å². The Kier molecular flexibility index (Phi) is 4.42. The van der Waals surface area contributed by atoms with Crippen LogP contribution in [0.5, 0.6) is 0 Å². The zero-order chi connectivity index (χ0) is 15.4. The van der Waals surface area contributed by atoms with E-state index in [0.717, 1.165) is 18.1 Å². The highest BCUT2D eigenvalue weighted by molar-refractivity contribution is 5.94. The van der Waals surface area contributed by atoms with Gasteiger partial charge in [0.1, 0.15) is 5.82 Å². The number of benzene rings is 2. The van der Waals surface area contributed by atoms with E-state index in [4.69, 9.17) is 10.8 Å². The van der Waals surface area contributed by atoms with Crippen molar-refractivity contribution in [3.8, 4) is 0 Å². The molecule has 110 valence electrons. The maximum atomic E-state index is 13.8. The number of nitrogen functional groups attached to an aromatic ring is 1. The van der Waals surface area contributed by atoms with Gasteiger partial charge in [-0.3, -0.25) is 0 Å². The van der Waals surface area contributed by atoms with Gasteiger partial charge in [-0.2, -0.15) is 0 Å². The van der Waals surface area contributed by atoms with Gasteiger partial charge in [0.15, 0.2) is 0 Å². The van der Waals surface area contributed by atoms with Crippen LogP contribution in [0.15, 0.2) is 36.4 Å². The van der Waals surface area contributed by atoms with Crippen molar-refractivity contribution < 1.29 is 14.3 Å². The molecule has 4 nitrogen and oxygen atoms in total. The first-order valence-corrected chi connectivity index (χ1v) is 6.65. The molecular formula is C16H17FN2O2. The molecule has 0 aromatic heterocycles. The van der Waals surface area contributed by atoms with E-state index < -0.39 is 11.8 Å². The second-order valence-electron chi connectivity index (χ2n) is 4.75. The molecule has 4 N–H and O–H groups in total. The van der Waals surface area contributed by atoms with Crippen LogP contribution in [0.4, 0.5) is 15.8 Å². The van der Waals surface area contributed by atoms with E-state index in [2.05, 4.69) is 12.2 Å². The lowest BCUT2D eigenvalue weighted by Gasteiger charge is -2.10. The number of carboxylic acid groups (broad SMARTS) is 1. The number of aromatic carboxylic acids is 1. The molecule has 0 bridgehead atoms. The number of anilines is 2. The van der Waals surface area contributed by atoms with Crippen LogP contribution in [0.25, 0.3) is 0 Å². The Morgan fingerprint density at radius 1 is 1.24 bits per heavy atom. The van der Waals surface area contributed by atoms with Gasteiger partial charge in [0.05, 0.1) is 11.3 Å². The van der Waals surface area contributed by atoms with E-state index in [1.165, 1.54) is 11.6 Å². The van der Waals surface area contributed by atoms with Gasteiger partial charge in [0.25, 0.3) is 0 Å². The normalized spacial score (nSPS) is 10.4. The number of rotatable bonds is 5. The van der Waals surface area contributed by atoms with Crippen LogP contribution in [0, 0.1) is 5.82 Å². The average molecular weight is 288 g/mol. The molecule has 0 saturated heterocycles. The number of nitrogens with one attached hydrogen (secondary N) is 1. The lowest BCUT2D eigenvalue weighted by molar-refractivity contribution is 0.0698. The van der Waals surface area contributed by atoms with E-state index >= 15 is 0 Å². The van der Waals surface area contributed by atoms with Crippen molar-refractivity contribution in [1.29, 1.82) is 0 Å². The number of carboxylic acids is 1. The molecule has 0 heterocycles. The van der Waals surface area contributed by atoms with Crippen LogP contribution in [-0.4, -0.2) is 11.1 Å². The van der Waals surface area contributed by atoms with Gasteiger partial charge >= 0.3 is 5.97 Å². The second-order valence-corrected chi connectivity index (χ2v) is 4.75. The van der Waals surface area contributed by atoms with E-state index in [-0.39, 0.29) is 16.9 Å². The summed E-state index contributed by atoms with van der Waals surface area (Å²) in [5, 5.41) is 11.9. The quantitative estimate of drug-likeness (QED) is 0.738. The third kappa shape index (κ3) is 3.51. The summed E-state index contributed by atoms with van der Waals surface area (Å²) in [5.74, 6) is -1.74. The first-order chi connectivity index (χ1) is 10.0. The number of carbonyl (C=O) groups is 1. The summed E-state index contributed by atoms with van der Waals surface area (Å²) in [6.07, 6.45) is 0.961. The number of hydrogen-bond donors (Lipinski definition) is 3. The minimum absolute atomic E-state index is 0.0853. The molecule has 0 atom stereocenters. The highest BCUT2D eigenvalue weighted by Crippen LogP contribution is 2.23. The highest BCUT2D eigenvalue weighted by atomic mass is 19.1. The van der Waals surface area contributed by atoms with Crippen molar-refractivity contribution in [2.75, 3.05) is 11.1 Å². The van der Waals surface area contributed by atoms with Gasteiger partial charge in [-0.15, -0.1) is 0 Å². The van der Waals surface area contributed by atoms with Crippen molar-refractivity contribution in [3.63, 3.8) is 0 Å². The fourth-order valence-corrected chi connectivity index (χ4v) is 2.00. The summed E-state index contributed by atoms with van der Waals surface area (Å²) >= 11 is 0. The van der Waals surface area contributed by atoms with E-state index in [9.17, 15) is 9.18 Å². The molecule has 0 amide bonds. The maximum Gasteiger partial charge on any atom is 0.337 e. The Morgan fingerprint density at radius 3 is 2.43 bits per heavy atom. The molecule has 0 saturated carbocycles. The van der Waals surface area contributed by atoms with E-state index in [1.54, 1.807) is 0 Å². The van der Waals surface area contributed by atoms with Crippen molar-refractivity contribution in [2.24, 2.45) is 0 Å². The minimum Gasteiger partial charge on any atom is -0.478 e. The van der Waals surface area contributed by atoms with Crippen molar-refractivity contribution in [1.82, 2.24) is 0 Å². The standard InChI is InChI=1S/C16H17FN2O2/c1-2-10-3-5-11(6-4-10)9-19-15-7-12(16(20)21)14(18)8-13(15)17/h3-8,19H,2,9,18H2,1H3,(H,20,21). The Morgan fingerprint density at radius 2 is 1.86 bits per heavy atom. The highest BCUT2D eigenvalue weighted by Gasteiger charge is 2.13. The number of aryl methyl sites for hydroxylation is 1. The zero-order valence-electron chi connectivity index (χ0n) is 11.7. The Balaban J connectivity index is 2.15. The molecule has 0 aliphatic heterocycles. The first kappa shape index (κ1) is 14.8. The molecule has 2 rings (SSSR count). The van der Waals surface area contributed by atoms with Crippen molar-refractivity contribution >= 4 is 17.3 Å². The molecule has 0 spiro atoms. The van der Waals surface area contributed by atoms with Gasteiger partial charge in [0.2, 0.25) is 0 Å². The van der Waals surface area contributed by atoms with Crippen LogP contribution >= 0.6 is 0 Å². The van der Waals surface area contributed by atoms with Gasteiger partial charge in [-0.25, -0.2) is 9.18 Å². The lowest BCUT2D eigenvalue weighted by Crippen LogP contribution is -2.07. The van der Waals surface area contributed by atoms with Gasteiger partial charge in [0, 0.05) is 12.2 Å². The predicted molar refractivity (Wildman–Crippen MR) is 80.9 cm³/mol. The zero-order valence-corrected chi connectivity index (χ0v) is 11.7. The summed E-state index contributed by atoms with van der Waals surface area (Å²) in [6, 6.07) is 10.2. The summed E-state index contributed by atoms with van der Waals surface area (Å²) in [7, 11) is 0. The summed E-state index contributed by atoms with van der Waals surface area (Å²) < 4.78 is 13.8. The summed E-state index contributed by atoms with van der Waals surface area (Å²) in [4.78, 5) is 11.0. The Hall–Kier alpha value is -2.56. The van der Waals surface area contributed by atoms with Crippen LogP contribution in [-0.2, 0) is 13.0 Å². The van der Waals surface area contributed by atoms with Crippen LogP contribution in [0.3, 0.4) is 0 Å². The fourth-order valence-electron chi connectivity index (χ4n) is 2.00. The molecule has 0 fully saturated rings. The number of hydrogen-bond acceptors (Lipinski definition) is 3. The average Bonchev–Trinajstić information content (AvgIpc) is 2.46. The van der Waals surface area contributed by atoms with E-state index in [1.807, 2.05) is 24.3 Å². The van der Waals surface area contributed by atoms with E-state index in [0.29, 0.717) is 6.54 Å². The smallest absolute Gasteiger partial charge is 0.337 e. The maximum absolute atomic E-state index is 13.8. The minimum atomic E-state index is -1.18. The molecule has 21 heavy (non-hydrogen) atoms. The van der Waals surface area contributed by atoms with Crippen LogP contribution in [0.1, 0.15) is 28.4 Å². The third-order valence-corrected chi connectivity index (χ3v) is 3.28. The SMILES string of the molecule is CCc1ccc(CNc2cc(C(=O)O)c(N)cc2F)cc1. The number of nitrogens with two attached hydrogens (primary N) is 1. The molecule has 5 heteroatoms. The monoisotopic (exact) mass is 288 g/mol. The molecule has 0 aliphatic carbocycles. The lowest BCUT2D eigenvalue weighted by atomic mass is 10.1. The second kappa shape index (κ2) is 6.26. The van der Waals surface area contributed by atoms with Gasteiger partial charge < -0.3 is 16.2 Å². The topological polar surface area (TPSA) is 75.3 Å². The molecule has 0 aliphatic rings. The number of halogens is 1. The van der Waals surface area contributed by atoms with Crippen molar-refractivity contribution in [2.45, 2.75) is 19.9 Å². The largest absolute Gasteiger partial charge is 0.478 e. The molecule has 0 unspecified atom stereocenters. The van der Waals surface area contributed by atoms with Gasteiger partial charge in [-0.05, 0) is 29.7 Å².